The van der Waals surface area contributed by atoms with Crippen molar-refractivity contribution in [1.29, 1.82) is 0 Å². The Morgan fingerprint density at radius 3 is 1.06 bits per heavy atom. The minimum atomic E-state index is -1.66. The van der Waals surface area contributed by atoms with Crippen LogP contribution in [0.25, 0.3) is 0 Å². The van der Waals surface area contributed by atoms with Gasteiger partial charge in [0.05, 0.1) is 25.4 Å². The van der Waals surface area contributed by atoms with E-state index in [1.54, 1.807) is 0 Å². The minimum Gasteiger partial charge on any atom is -0.394 e. The van der Waals surface area contributed by atoms with Crippen molar-refractivity contribution in [3.05, 3.63) is 0 Å². The van der Waals surface area contributed by atoms with Crippen LogP contribution < -0.4 is 5.32 Å². The second-order valence-electron chi connectivity index (χ2n) is 21.8. The van der Waals surface area contributed by atoms with Crippen molar-refractivity contribution in [3.8, 4) is 0 Å². The van der Waals surface area contributed by atoms with E-state index in [9.17, 15) is 40.5 Å². The fourth-order valence-electron chi connectivity index (χ4n) is 10.2. The molecule has 1 aliphatic heterocycles. The van der Waals surface area contributed by atoms with Crippen LogP contribution in [0.3, 0.4) is 0 Å². The molecule has 11 heteroatoms. The topological polar surface area (TPSA) is 189 Å². The summed E-state index contributed by atoms with van der Waals surface area (Å²) in [6.07, 6.45) is 44.5. The van der Waals surface area contributed by atoms with Crippen LogP contribution in [-0.2, 0) is 14.3 Å². The van der Waals surface area contributed by atoms with E-state index in [2.05, 4.69) is 19.2 Å². The van der Waals surface area contributed by atoms with E-state index in [1.165, 1.54) is 225 Å². The van der Waals surface area contributed by atoms with Crippen molar-refractivity contribution in [2.45, 2.75) is 358 Å². The summed E-state index contributed by atoms with van der Waals surface area (Å²) >= 11 is 0. The van der Waals surface area contributed by atoms with Gasteiger partial charge in [0.15, 0.2) is 6.29 Å². The van der Waals surface area contributed by atoms with Crippen LogP contribution >= 0.6 is 0 Å². The van der Waals surface area contributed by atoms with E-state index in [-0.39, 0.29) is 6.42 Å². The summed E-state index contributed by atoms with van der Waals surface area (Å²) in [4.78, 5) is 13.2. The average molecular weight is 1000 g/mol. The molecule has 1 heterocycles. The van der Waals surface area contributed by atoms with Crippen LogP contribution in [0.4, 0.5) is 0 Å². The first kappa shape index (κ1) is 67.1. The number of carbonyl (C=O) groups excluding carboxylic acids is 1. The zero-order chi connectivity index (χ0) is 51.1. The minimum absolute atomic E-state index is 0.267. The van der Waals surface area contributed by atoms with E-state index in [0.717, 1.165) is 38.5 Å². The maximum absolute atomic E-state index is 13.2. The molecule has 0 radical (unpaired) electrons. The Morgan fingerprint density at radius 1 is 0.443 bits per heavy atom. The summed E-state index contributed by atoms with van der Waals surface area (Å²) < 4.78 is 11.2. The van der Waals surface area contributed by atoms with Gasteiger partial charge in [-0.05, 0) is 12.8 Å². The lowest BCUT2D eigenvalue weighted by Crippen LogP contribution is -2.60. The summed E-state index contributed by atoms with van der Waals surface area (Å²) in [6.45, 7) is 3.50. The van der Waals surface area contributed by atoms with Gasteiger partial charge in [-0.1, -0.05) is 290 Å². The molecule has 8 N–H and O–H groups in total. The van der Waals surface area contributed by atoms with Crippen LogP contribution in [0.15, 0.2) is 0 Å². The first-order chi connectivity index (χ1) is 34.2. The molecule has 0 aromatic heterocycles. The highest BCUT2D eigenvalue weighted by Crippen LogP contribution is 2.24. The number of hydrogen-bond donors (Lipinski definition) is 8. The molecule has 1 fully saturated rings. The molecule has 9 atom stereocenters. The molecule has 418 valence electrons. The highest BCUT2D eigenvalue weighted by atomic mass is 16.7. The van der Waals surface area contributed by atoms with Gasteiger partial charge < -0.3 is 50.5 Å². The Morgan fingerprint density at radius 2 is 0.743 bits per heavy atom. The van der Waals surface area contributed by atoms with Gasteiger partial charge >= 0.3 is 0 Å². The first-order valence-corrected chi connectivity index (χ1v) is 30.4. The first-order valence-electron chi connectivity index (χ1n) is 30.4. The number of nitrogens with one attached hydrogen (secondary N) is 1. The molecular weight excluding hydrogens is 883 g/mol. The fourth-order valence-corrected chi connectivity index (χ4v) is 10.2. The van der Waals surface area contributed by atoms with Gasteiger partial charge in [0.25, 0.3) is 0 Å². The third-order valence-electron chi connectivity index (χ3n) is 15.2. The van der Waals surface area contributed by atoms with Crippen LogP contribution in [-0.4, -0.2) is 110 Å². The molecular formula is C59H117NO10. The molecule has 1 aliphatic rings. The van der Waals surface area contributed by atoms with Crippen LogP contribution in [0.5, 0.6) is 0 Å². The van der Waals surface area contributed by atoms with Crippen molar-refractivity contribution < 1.29 is 50.0 Å². The van der Waals surface area contributed by atoms with Gasteiger partial charge in [0.2, 0.25) is 5.91 Å². The number of ether oxygens (including phenoxy) is 2. The van der Waals surface area contributed by atoms with Gasteiger partial charge in [-0.2, -0.15) is 0 Å². The Balaban J connectivity index is 2.24. The number of aliphatic hydroxyl groups excluding tert-OH is 7. The third kappa shape index (κ3) is 36.9. The monoisotopic (exact) mass is 1000 g/mol. The lowest BCUT2D eigenvalue weighted by molar-refractivity contribution is -0.303. The quantitative estimate of drug-likeness (QED) is 0.0272. The van der Waals surface area contributed by atoms with Crippen molar-refractivity contribution >= 4 is 5.91 Å². The van der Waals surface area contributed by atoms with Crippen LogP contribution in [0, 0.1) is 0 Å². The van der Waals surface area contributed by atoms with E-state index in [1.807, 2.05) is 0 Å². The molecule has 0 aromatic carbocycles. The number of amides is 1. The number of hydrogen-bond acceptors (Lipinski definition) is 10. The Bertz CT molecular complexity index is 1100. The molecule has 1 rings (SSSR count). The van der Waals surface area contributed by atoms with E-state index in [0.29, 0.717) is 19.3 Å². The van der Waals surface area contributed by atoms with Gasteiger partial charge in [-0.25, -0.2) is 0 Å². The molecule has 0 saturated carbocycles. The fraction of sp³-hybridized carbons (Fsp3) is 0.983. The second-order valence-corrected chi connectivity index (χ2v) is 21.8. The van der Waals surface area contributed by atoms with Crippen molar-refractivity contribution in [3.63, 3.8) is 0 Å². The molecule has 11 nitrogen and oxygen atoms in total. The van der Waals surface area contributed by atoms with Crippen molar-refractivity contribution in [1.82, 2.24) is 5.32 Å². The van der Waals surface area contributed by atoms with Gasteiger partial charge in [0, 0.05) is 0 Å². The predicted octanol–water partition coefficient (Wildman–Crippen LogP) is 13.0. The van der Waals surface area contributed by atoms with Gasteiger partial charge in [-0.3, -0.25) is 4.79 Å². The molecule has 70 heavy (non-hydrogen) atoms. The SMILES string of the molecule is CCCCCCCCCCCCCCCCCCCCCCCCCCCCCC(O)C(O)C(COC1OC(CO)C(O)C(O)C1O)NC(=O)C(O)CCCCCCCCCCCCCCCCCC. The van der Waals surface area contributed by atoms with E-state index < -0.39 is 74.2 Å². The summed E-state index contributed by atoms with van der Waals surface area (Å²) in [5.41, 5.74) is 0. The number of unbranched alkanes of at least 4 members (excludes halogenated alkanes) is 41. The third-order valence-corrected chi connectivity index (χ3v) is 15.2. The molecule has 0 bridgehead atoms. The molecule has 1 saturated heterocycles. The highest BCUT2D eigenvalue weighted by Gasteiger charge is 2.44. The lowest BCUT2D eigenvalue weighted by Gasteiger charge is -2.40. The number of carbonyl (C=O) groups is 1. The summed E-state index contributed by atoms with van der Waals surface area (Å²) in [6, 6.07) is -1.16. The molecule has 0 aromatic rings. The predicted molar refractivity (Wildman–Crippen MR) is 289 cm³/mol. The number of aliphatic hydroxyl groups is 7. The maximum Gasteiger partial charge on any atom is 0.249 e. The Kier molecular flexibility index (Phi) is 47.0. The second kappa shape index (κ2) is 49.0. The smallest absolute Gasteiger partial charge is 0.249 e. The van der Waals surface area contributed by atoms with E-state index >= 15 is 0 Å². The molecule has 1 amide bonds. The molecule has 9 unspecified atom stereocenters. The van der Waals surface area contributed by atoms with Crippen LogP contribution in [0.1, 0.15) is 303 Å². The molecule has 0 aliphatic carbocycles. The Labute approximate surface area is 430 Å². The van der Waals surface area contributed by atoms with Gasteiger partial charge in [-0.15, -0.1) is 0 Å². The normalized spacial score (nSPS) is 20.2. The van der Waals surface area contributed by atoms with Crippen LogP contribution in [0.2, 0.25) is 0 Å². The Hall–Kier alpha value is -0.890. The average Bonchev–Trinajstić information content (AvgIpc) is 3.36. The van der Waals surface area contributed by atoms with Crippen molar-refractivity contribution in [2.75, 3.05) is 13.2 Å². The summed E-state index contributed by atoms with van der Waals surface area (Å²) in [5, 5.41) is 76.2. The van der Waals surface area contributed by atoms with Gasteiger partial charge in [0.1, 0.15) is 36.6 Å². The molecule has 0 spiro atoms. The zero-order valence-corrected chi connectivity index (χ0v) is 45.8. The summed E-state index contributed by atoms with van der Waals surface area (Å²) in [7, 11) is 0. The lowest BCUT2D eigenvalue weighted by atomic mass is 9.98. The largest absolute Gasteiger partial charge is 0.394 e. The maximum atomic E-state index is 13.2. The van der Waals surface area contributed by atoms with Crippen molar-refractivity contribution in [2.24, 2.45) is 0 Å². The zero-order valence-electron chi connectivity index (χ0n) is 45.8. The number of rotatable bonds is 53. The standard InChI is InChI=1S/C59H117NO10/c1-3-5-7-9-11-13-15-17-19-21-22-23-24-25-26-27-28-29-30-31-33-34-36-38-40-42-44-46-51(62)54(64)50(49-69-59-57(67)56(66)55(65)53(48-61)70-59)60-58(68)52(63)47-45-43-41-39-37-35-32-20-18-16-14-12-10-8-6-4-2/h50-57,59,61-67H,3-49H2,1-2H3,(H,60,68). The van der Waals surface area contributed by atoms with E-state index in [4.69, 9.17) is 9.47 Å². The summed E-state index contributed by atoms with van der Waals surface area (Å²) in [5.74, 6) is -0.690. The highest BCUT2D eigenvalue weighted by molar-refractivity contribution is 5.80.